The summed E-state index contributed by atoms with van der Waals surface area (Å²) in [6.45, 7) is 3.07. The summed E-state index contributed by atoms with van der Waals surface area (Å²) in [5, 5.41) is 11.9. The van der Waals surface area contributed by atoms with E-state index in [1.807, 2.05) is 10.3 Å². The summed E-state index contributed by atoms with van der Waals surface area (Å²) in [7, 11) is 0. The Hall–Kier alpha value is -1.72. The fraction of sp³-hybridized carbons (Fsp3) is 0.474. The average molecular weight is 344 g/mol. The van der Waals surface area contributed by atoms with Gasteiger partial charge in [-0.15, -0.1) is 11.3 Å². The summed E-state index contributed by atoms with van der Waals surface area (Å²) in [5.74, 6) is 0.0434. The highest BCUT2D eigenvalue weighted by Gasteiger charge is 2.30. The van der Waals surface area contributed by atoms with Crippen molar-refractivity contribution < 1.29 is 9.90 Å². The molecule has 0 spiro atoms. The van der Waals surface area contributed by atoms with Gasteiger partial charge in [0, 0.05) is 31.0 Å². The molecule has 0 bridgehead atoms. The first-order chi connectivity index (χ1) is 11.7. The number of benzene rings is 1. The van der Waals surface area contributed by atoms with Crippen molar-refractivity contribution in [1.29, 1.82) is 0 Å². The fourth-order valence-electron chi connectivity index (χ4n) is 3.25. The predicted molar refractivity (Wildman–Crippen MR) is 96.5 cm³/mol. The molecular weight excluding hydrogens is 320 g/mol. The van der Waals surface area contributed by atoms with Gasteiger partial charge in [-0.2, -0.15) is 0 Å². The Labute approximate surface area is 147 Å². The molecule has 5 heteroatoms. The molecule has 1 aliphatic heterocycles. The van der Waals surface area contributed by atoms with Crippen molar-refractivity contribution in [2.45, 2.75) is 45.1 Å². The molecular formula is C19H24N2O2S. The molecule has 2 heterocycles. The highest BCUT2D eigenvalue weighted by molar-refractivity contribution is 7.09. The summed E-state index contributed by atoms with van der Waals surface area (Å²) >= 11 is 1.56. The zero-order chi connectivity index (χ0) is 16.9. The van der Waals surface area contributed by atoms with Crippen LogP contribution in [0.15, 0.2) is 29.6 Å². The molecule has 1 saturated heterocycles. The Morgan fingerprint density at radius 3 is 2.92 bits per heavy atom. The van der Waals surface area contributed by atoms with Gasteiger partial charge in [0.1, 0.15) is 5.69 Å². The quantitative estimate of drug-likeness (QED) is 0.873. The topological polar surface area (TPSA) is 53.4 Å². The molecule has 0 radical (unpaired) electrons. The molecule has 1 amide bonds. The van der Waals surface area contributed by atoms with E-state index in [4.69, 9.17) is 5.11 Å². The molecule has 1 fully saturated rings. The van der Waals surface area contributed by atoms with Crippen molar-refractivity contribution in [2.75, 3.05) is 13.2 Å². The summed E-state index contributed by atoms with van der Waals surface area (Å²) in [6.07, 6.45) is 4.48. The third kappa shape index (κ3) is 4.02. The first-order valence-corrected chi connectivity index (χ1v) is 9.47. The van der Waals surface area contributed by atoms with Crippen LogP contribution in [0.2, 0.25) is 0 Å². The van der Waals surface area contributed by atoms with Gasteiger partial charge in [-0.05, 0) is 38.2 Å². The Morgan fingerprint density at radius 1 is 1.38 bits per heavy atom. The Bertz CT molecular complexity index is 681. The lowest BCUT2D eigenvalue weighted by Crippen LogP contribution is -2.35. The number of aliphatic hydroxyl groups is 1. The van der Waals surface area contributed by atoms with E-state index in [-0.39, 0.29) is 18.6 Å². The number of nitrogens with zero attached hydrogens (tertiary/aromatic N) is 2. The molecule has 1 unspecified atom stereocenters. The summed E-state index contributed by atoms with van der Waals surface area (Å²) < 4.78 is 0. The maximum atomic E-state index is 12.7. The summed E-state index contributed by atoms with van der Waals surface area (Å²) in [6, 6.07) is 8.69. The van der Waals surface area contributed by atoms with Gasteiger partial charge in [0.05, 0.1) is 5.01 Å². The Kier molecular flexibility index (Phi) is 5.63. The third-order valence-corrected chi connectivity index (χ3v) is 5.43. The van der Waals surface area contributed by atoms with Crippen LogP contribution in [0.1, 0.15) is 52.3 Å². The second kappa shape index (κ2) is 7.90. The molecule has 0 saturated carbocycles. The van der Waals surface area contributed by atoms with Crippen molar-refractivity contribution in [3.63, 3.8) is 0 Å². The van der Waals surface area contributed by atoms with E-state index < -0.39 is 0 Å². The number of hydrogen-bond donors (Lipinski definition) is 1. The molecule has 3 rings (SSSR count). The van der Waals surface area contributed by atoms with Crippen molar-refractivity contribution in [2.24, 2.45) is 0 Å². The number of hydrogen-bond acceptors (Lipinski definition) is 4. The summed E-state index contributed by atoms with van der Waals surface area (Å²) in [4.78, 5) is 19.2. The predicted octanol–water partition coefficient (Wildman–Crippen LogP) is 3.42. The zero-order valence-corrected chi connectivity index (χ0v) is 14.9. The van der Waals surface area contributed by atoms with Crippen molar-refractivity contribution in [1.82, 2.24) is 9.88 Å². The largest absolute Gasteiger partial charge is 0.396 e. The van der Waals surface area contributed by atoms with Crippen molar-refractivity contribution in [3.8, 4) is 0 Å². The number of thiazole rings is 1. The lowest BCUT2D eigenvalue weighted by molar-refractivity contribution is 0.0719. The van der Waals surface area contributed by atoms with Gasteiger partial charge in [-0.3, -0.25) is 4.79 Å². The van der Waals surface area contributed by atoms with Crippen LogP contribution in [-0.4, -0.2) is 40.1 Å². The Balaban J connectivity index is 1.66. The normalized spacial score (nSPS) is 17.4. The smallest absolute Gasteiger partial charge is 0.273 e. The number of amides is 1. The first kappa shape index (κ1) is 17.1. The monoisotopic (exact) mass is 344 g/mol. The van der Waals surface area contributed by atoms with E-state index in [1.54, 1.807) is 11.3 Å². The fourth-order valence-corrected chi connectivity index (χ4v) is 4.05. The second-order valence-electron chi connectivity index (χ2n) is 6.45. The van der Waals surface area contributed by atoms with Gasteiger partial charge < -0.3 is 10.0 Å². The van der Waals surface area contributed by atoms with Gasteiger partial charge in [-0.1, -0.05) is 29.8 Å². The minimum absolute atomic E-state index is 0.0434. The van der Waals surface area contributed by atoms with Gasteiger partial charge >= 0.3 is 0 Å². The van der Waals surface area contributed by atoms with Gasteiger partial charge in [0.2, 0.25) is 0 Å². The van der Waals surface area contributed by atoms with Crippen LogP contribution in [0, 0.1) is 6.92 Å². The molecule has 2 aromatic rings. The molecule has 1 aliphatic rings. The minimum Gasteiger partial charge on any atom is -0.396 e. The van der Waals surface area contributed by atoms with Crippen LogP contribution in [-0.2, 0) is 6.42 Å². The second-order valence-corrected chi connectivity index (χ2v) is 7.39. The highest BCUT2D eigenvalue weighted by Crippen LogP contribution is 2.24. The maximum absolute atomic E-state index is 12.7. The van der Waals surface area contributed by atoms with E-state index in [0.717, 1.165) is 43.7 Å². The SMILES string of the molecule is Cc1ccc(Cc2nc(C(=O)N3CCCC3CCCO)cs2)cc1. The number of carbonyl (C=O) groups excluding carboxylic acids is 1. The highest BCUT2D eigenvalue weighted by atomic mass is 32.1. The standard InChI is InChI=1S/C19H24N2O2S/c1-14-6-8-15(9-7-14)12-18-20-17(13-24-18)19(23)21-10-2-4-16(21)5-3-11-22/h6-9,13,16,22H,2-5,10-12H2,1H3. The molecule has 1 aromatic carbocycles. The Morgan fingerprint density at radius 2 is 2.17 bits per heavy atom. The maximum Gasteiger partial charge on any atom is 0.273 e. The number of rotatable bonds is 6. The molecule has 1 atom stereocenters. The lowest BCUT2D eigenvalue weighted by atomic mass is 10.1. The van der Waals surface area contributed by atoms with Crippen LogP contribution in [0.3, 0.4) is 0 Å². The first-order valence-electron chi connectivity index (χ1n) is 8.59. The van der Waals surface area contributed by atoms with Gasteiger partial charge in [-0.25, -0.2) is 4.98 Å². The number of likely N-dealkylation sites (tertiary alicyclic amines) is 1. The zero-order valence-electron chi connectivity index (χ0n) is 14.1. The van der Waals surface area contributed by atoms with E-state index in [1.165, 1.54) is 11.1 Å². The van der Waals surface area contributed by atoms with Crippen molar-refractivity contribution in [3.05, 3.63) is 51.5 Å². The molecule has 1 N–H and O–H groups in total. The average Bonchev–Trinajstić information content (AvgIpc) is 3.24. The van der Waals surface area contributed by atoms with Gasteiger partial charge in [0.15, 0.2) is 0 Å². The third-order valence-electron chi connectivity index (χ3n) is 4.58. The number of aliphatic hydroxyl groups excluding tert-OH is 1. The van der Waals surface area contributed by atoms with Gasteiger partial charge in [0.25, 0.3) is 5.91 Å². The van der Waals surface area contributed by atoms with Crippen LogP contribution < -0.4 is 0 Å². The van der Waals surface area contributed by atoms with Crippen molar-refractivity contribution >= 4 is 17.2 Å². The van der Waals surface area contributed by atoms with E-state index in [2.05, 4.69) is 36.2 Å². The summed E-state index contributed by atoms with van der Waals surface area (Å²) in [5.41, 5.74) is 3.03. The number of carbonyl (C=O) groups is 1. The molecule has 4 nitrogen and oxygen atoms in total. The van der Waals surface area contributed by atoms with Crippen LogP contribution in [0.25, 0.3) is 0 Å². The number of aryl methyl sites for hydroxylation is 1. The molecule has 24 heavy (non-hydrogen) atoms. The van der Waals surface area contributed by atoms with Crippen LogP contribution in [0.4, 0.5) is 0 Å². The lowest BCUT2D eigenvalue weighted by Gasteiger charge is -2.23. The number of aromatic nitrogens is 1. The minimum atomic E-state index is 0.0434. The molecule has 1 aromatic heterocycles. The van der Waals surface area contributed by atoms with E-state index in [0.29, 0.717) is 5.69 Å². The molecule has 128 valence electrons. The van der Waals surface area contributed by atoms with E-state index in [9.17, 15) is 4.79 Å². The molecule has 0 aliphatic carbocycles. The van der Waals surface area contributed by atoms with E-state index >= 15 is 0 Å². The van der Waals surface area contributed by atoms with Crippen LogP contribution in [0.5, 0.6) is 0 Å². The van der Waals surface area contributed by atoms with Crippen LogP contribution >= 0.6 is 11.3 Å².